The molecule has 0 fully saturated rings. The number of carbonyl (C=O) groups is 1. The maximum Gasteiger partial charge on any atom is 0.256 e. The summed E-state index contributed by atoms with van der Waals surface area (Å²) in [5, 5.41) is 2.82. The summed E-state index contributed by atoms with van der Waals surface area (Å²) in [6.07, 6.45) is 0. The van der Waals surface area contributed by atoms with Gasteiger partial charge < -0.3 is 20.5 Å². The Morgan fingerprint density at radius 1 is 1.05 bits per heavy atom. The van der Waals surface area contributed by atoms with Crippen LogP contribution in [0.3, 0.4) is 0 Å². The number of hydrogen-bond donors (Lipinski definition) is 2. The minimum absolute atomic E-state index is 0.216. The van der Waals surface area contributed by atoms with Crippen LogP contribution in [0.4, 0.5) is 11.4 Å². The number of nitrogens with two attached hydrogens (primary N) is 1. The predicted octanol–water partition coefficient (Wildman–Crippen LogP) is 2.85. The van der Waals surface area contributed by atoms with E-state index in [4.69, 9.17) is 15.2 Å². The van der Waals surface area contributed by atoms with Crippen LogP contribution in [0.25, 0.3) is 0 Å². The fraction of sp³-hybridized carbons (Fsp3) is 0.188. The molecule has 0 saturated heterocycles. The lowest BCUT2D eigenvalue weighted by molar-refractivity contribution is 0.102. The predicted molar refractivity (Wildman–Crippen MR) is 83.1 cm³/mol. The van der Waals surface area contributed by atoms with Crippen LogP contribution >= 0.6 is 0 Å². The Hall–Kier alpha value is -2.69. The van der Waals surface area contributed by atoms with Crippen LogP contribution in [0, 0.1) is 6.92 Å². The summed E-state index contributed by atoms with van der Waals surface area (Å²) >= 11 is 0. The number of carbonyl (C=O) groups excluding carboxylic acids is 1. The molecule has 0 unspecified atom stereocenters. The molecule has 0 aliphatic rings. The second-order valence-corrected chi connectivity index (χ2v) is 4.60. The standard InChI is InChI=1S/C16H18N2O3/c1-10-4-5-11(17)8-13(10)16(19)18-12-6-7-14(20-2)15(9-12)21-3/h4-9H,17H2,1-3H3,(H,18,19). The topological polar surface area (TPSA) is 73.6 Å². The number of ether oxygens (including phenoxy) is 2. The average Bonchev–Trinajstić information content (AvgIpc) is 2.49. The molecule has 5 heteroatoms. The first kappa shape index (κ1) is 14.7. The van der Waals surface area contributed by atoms with E-state index in [1.54, 1.807) is 44.6 Å². The Morgan fingerprint density at radius 3 is 2.43 bits per heavy atom. The van der Waals surface area contributed by atoms with E-state index in [0.29, 0.717) is 28.4 Å². The molecule has 0 aliphatic carbocycles. The van der Waals surface area contributed by atoms with Crippen LogP contribution in [-0.2, 0) is 0 Å². The Morgan fingerprint density at radius 2 is 1.76 bits per heavy atom. The highest BCUT2D eigenvalue weighted by molar-refractivity contribution is 6.05. The van der Waals surface area contributed by atoms with Gasteiger partial charge in [0, 0.05) is 23.0 Å². The molecule has 2 rings (SSSR count). The quantitative estimate of drug-likeness (QED) is 0.848. The maximum absolute atomic E-state index is 12.3. The van der Waals surface area contributed by atoms with E-state index in [2.05, 4.69) is 5.32 Å². The van der Waals surface area contributed by atoms with Crippen LogP contribution in [0.1, 0.15) is 15.9 Å². The van der Waals surface area contributed by atoms with Crippen molar-refractivity contribution in [2.24, 2.45) is 0 Å². The largest absolute Gasteiger partial charge is 0.493 e. The van der Waals surface area contributed by atoms with Crippen LogP contribution in [0.5, 0.6) is 11.5 Å². The van der Waals surface area contributed by atoms with Gasteiger partial charge in [0.15, 0.2) is 11.5 Å². The van der Waals surface area contributed by atoms with E-state index >= 15 is 0 Å². The Bertz CT molecular complexity index is 669. The number of benzene rings is 2. The second kappa shape index (κ2) is 6.17. The van der Waals surface area contributed by atoms with Gasteiger partial charge in [-0.1, -0.05) is 6.07 Å². The van der Waals surface area contributed by atoms with E-state index < -0.39 is 0 Å². The summed E-state index contributed by atoms with van der Waals surface area (Å²) in [5.41, 5.74) is 8.31. The van der Waals surface area contributed by atoms with Gasteiger partial charge in [-0.25, -0.2) is 0 Å². The number of rotatable bonds is 4. The Kier molecular flexibility index (Phi) is 4.33. The maximum atomic E-state index is 12.3. The SMILES string of the molecule is COc1ccc(NC(=O)c2cc(N)ccc2C)cc1OC. The van der Waals surface area contributed by atoms with E-state index in [9.17, 15) is 4.79 Å². The van der Waals surface area contributed by atoms with E-state index in [1.165, 1.54) is 0 Å². The lowest BCUT2D eigenvalue weighted by Crippen LogP contribution is -2.13. The average molecular weight is 286 g/mol. The number of aryl methyl sites for hydroxylation is 1. The van der Waals surface area contributed by atoms with Crippen molar-refractivity contribution in [3.05, 3.63) is 47.5 Å². The Labute approximate surface area is 123 Å². The first-order valence-electron chi connectivity index (χ1n) is 6.44. The minimum atomic E-state index is -0.216. The molecule has 0 aliphatic heterocycles. The summed E-state index contributed by atoms with van der Waals surface area (Å²) < 4.78 is 10.4. The smallest absolute Gasteiger partial charge is 0.256 e. The molecule has 5 nitrogen and oxygen atoms in total. The van der Waals surface area contributed by atoms with Crippen LogP contribution in [0.2, 0.25) is 0 Å². The monoisotopic (exact) mass is 286 g/mol. The van der Waals surface area contributed by atoms with Gasteiger partial charge >= 0.3 is 0 Å². The summed E-state index contributed by atoms with van der Waals surface area (Å²) in [5.74, 6) is 0.947. The molecule has 0 heterocycles. The van der Waals surface area contributed by atoms with E-state index in [1.807, 2.05) is 13.0 Å². The normalized spacial score (nSPS) is 10.0. The molecule has 2 aromatic carbocycles. The molecular formula is C16H18N2O3. The van der Waals surface area contributed by atoms with Gasteiger partial charge in [-0.2, -0.15) is 0 Å². The summed E-state index contributed by atoms with van der Waals surface area (Å²) in [4.78, 5) is 12.3. The van der Waals surface area contributed by atoms with E-state index in [-0.39, 0.29) is 5.91 Å². The highest BCUT2D eigenvalue weighted by atomic mass is 16.5. The second-order valence-electron chi connectivity index (χ2n) is 4.60. The molecule has 0 radical (unpaired) electrons. The van der Waals surface area contributed by atoms with Gasteiger partial charge in [0.25, 0.3) is 5.91 Å². The van der Waals surface area contributed by atoms with Crippen LogP contribution in [-0.4, -0.2) is 20.1 Å². The first-order valence-corrected chi connectivity index (χ1v) is 6.44. The zero-order chi connectivity index (χ0) is 15.4. The van der Waals surface area contributed by atoms with Crippen LogP contribution in [0.15, 0.2) is 36.4 Å². The molecule has 0 atom stereocenters. The third kappa shape index (κ3) is 3.25. The number of methoxy groups -OCH3 is 2. The first-order chi connectivity index (χ1) is 10.0. The van der Waals surface area contributed by atoms with Gasteiger partial charge in [0.2, 0.25) is 0 Å². The van der Waals surface area contributed by atoms with Crippen molar-refractivity contribution < 1.29 is 14.3 Å². The van der Waals surface area contributed by atoms with Gasteiger partial charge in [0.1, 0.15) is 0 Å². The molecule has 2 aromatic rings. The molecule has 0 saturated carbocycles. The fourth-order valence-corrected chi connectivity index (χ4v) is 2.00. The molecule has 0 aromatic heterocycles. The lowest BCUT2D eigenvalue weighted by Gasteiger charge is -2.11. The zero-order valence-electron chi connectivity index (χ0n) is 12.3. The van der Waals surface area contributed by atoms with Gasteiger partial charge in [-0.15, -0.1) is 0 Å². The van der Waals surface area contributed by atoms with Crippen molar-refractivity contribution in [3.63, 3.8) is 0 Å². The molecular weight excluding hydrogens is 268 g/mol. The third-order valence-electron chi connectivity index (χ3n) is 3.15. The molecule has 0 bridgehead atoms. The van der Waals surface area contributed by atoms with E-state index in [0.717, 1.165) is 5.56 Å². The number of amides is 1. The molecule has 21 heavy (non-hydrogen) atoms. The van der Waals surface area contributed by atoms with Gasteiger partial charge in [-0.05, 0) is 36.8 Å². The van der Waals surface area contributed by atoms with Gasteiger partial charge in [0.05, 0.1) is 14.2 Å². The molecule has 0 spiro atoms. The minimum Gasteiger partial charge on any atom is -0.493 e. The molecule has 110 valence electrons. The van der Waals surface area contributed by atoms with Crippen molar-refractivity contribution in [1.82, 2.24) is 0 Å². The van der Waals surface area contributed by atoms with Crippen LogP contribution < -0.4 is 20.5 Å². The Balaban J connectivity index is 2.25. The number of nitrogens with one attached hydrogen (secondary N) is 1. The zero-order valence-corrected chi connectivity index (χ0v) is 12.3. The van der Waals surface area contributed by atoms with Crippen molar-refractivity contribution in [1.29, 1.82) is 0 Å². The molecule has 3 N–H and O–H groups in total. The highest BCUT2D eigenvalue weighted by Gasteiger charge is 2.11. The van der Waals surface area contributed by atoms with Crippen molar-refractivity contribution in [2.75, 3.05) is 25.3 Å². The lowest BCUT2D eigenvalue weighted by atomic mass is 10.1. The molecule has 1 amide bonds. The highest BCUT2D eigenvalue weighted by Crippen LogP contribution is 2.30. The van der Waals surface area contributed by atoms with Crippen molar-refractivity contribution in [3.8, 4) is 11.5 Å². The summed E-state index contributed by atoms with van der Waals surface area (Å²) in [6, 6.07) is 10.4. The summed E-state index contributed by atoms with van der Waals surface area (Å²) in [6.45, 7) is 1.86. The number of hydrogen-bond acceptors (Lipinski definition) is 4. The fourth-order valence-electron chi connectivity index (χ4n) is 2.00. The third-order valence-corrected chi connectivity index (χ3v) is 3.15. The summed E-state index contributed by atoms with van der Waals surface area (Å²) in [7, 11) is 3.11. The number of nitrogen functional groups attached to an aromatic ring is 1. The van der Waals surface area contributed by atoms with Crippen molar-refractivity contribution >= 4 is 17.3 Å². The number of anilines is 2. The van der Waals surface area contributed by atoms with Gasteiger partial charge in [-0.3, -0.25) is 4.79 Å². The van der Waals surface area contributed by atoms with Crippen molar-refractivity contribution in [2.45, 2.75) is 6.92 Å².